The van der Waals surface area contributed by atoms with Crippen molar-refractivity contribution in [3.63, 3.8) is 0 Å². The fourth-order valence-electron chi connectivity index (χ4n) is 4.19. The van der Waals surface area contributed by atoms with Gasteiger partial charge in [-0.15, -0.1) is 0 Å². The number of phenols is 1. The standard InChI is InChI=1S/C19H29N3O2/c1-15-6-5-7-16(2)22(15)19(24)14-20-10-12-21(13-11-20)17-8-3-4-9-18(17)23/h3-4,8-9,15-16,23H,5-7,10-14H2,1-2H3/p+1/t15-,16-/m1/s1. The number of carbonyl (C=O) groups is 1. The van der Waals surface area contributed by atoms with E-state index in [-0.39, 0.29) is 0 Å². The zero-order valence-corrected chi connectivity index (χ0v) is 14.9. The Hall–Kier alpha value is -1.75. The molecule has 2 atom stereocenters. The average molecular weight is 332 g/mol. The molecular weight excluding hydrogens is 302 g/mol. The first-order valence-corrected chi connectivity index (χ1v) is 9.24. The van der Waals surface area contributed by atoms with E-state index in [2.05, 4.69) is 23.6 Å². The number of piperazine rings is 1. The van der Waals surface area contributed by atoms with Crippen molar-refractivity contribution in [2.24, 2.45) is 0 Å². The summed E-state index contributed by atoms with van der Waals surface area (Å²) in [6.07, 6.45) is 3.50. The third-order valence-electron chi connectivity index (χ3n) is 5.58. The van der Waals surface area contributed by atoms with Gasteiger partial charge in [0.25, 0.3) is 5.91 Å². The predicted molar refractivity (Wildman–Crippen MR) is 95.5 cm³/mol. The van der Waals surface area contributed by atoms with Crippen LogP contribution in [0.15, 0.2) is 24.3 Å². The quantitative estimate of drug-likeness (QED) is 0.864. The first-order chi connectivity index (χ1) is 11.6. The summed E-state index contributed by atoms with van der Waals surface area (Å²) in [7, 11) is 0. The monoisotopic (exact) mass is 332 g/mol. The van der Waals surface area contributed by atoms with E-state index in [9.17, 15) is 9.90 Å². The van der Waals surface area contributed by atoms with Crippen LogP contribution in [0.4, 0.5) is 5.69 Å². The minimum atomic E-state index is 0.306. The summed E-state index contributed by atoms with van der Waals surface area (Å²) in [5.41, 5.74) is 0.904. The van der Waals surface area contributed by atoms with Crippen molar-refractivity contribution in [2.75, 3.05) is 37.6 Å². The molecule has 2 saturated heterocycles. The van der Waals surface area contributed by atoms with Crippen LogP contribution >= 0.6 is 0 Å². The van der Waals surface area contributed by atoms with Gasteiger partial charge in [0.15, 0.2) is 6.54 Å². The van der Waals surface area contributed by atoms with E-state index in [1.807, 2.05) is 18.2 Å². The number of benzene rings is 1. The third kappa shape index (κ3) is 3.66. The molecule has 0 radical (unpaired) electrons. The van der Waals surface area contributed by atoms with Gasteiger partial charge in [-0.3, -0.25) is 4.79 Å². The number of aromatic hydroxyl groups is 1. The lowest BCUT2D eigenvalue weighted by Crippen LogP contribution is -3.16. The van der Waals surface area contributed by atoms with Gasteiger partial charge in [0, 0.05) is 12.1 Å². The number of nitrogens with zero attached hydrogens (tertiary/aromatic N) is 2. The molecule has 3 rings (SSSR count). The van der Waals surface area contributed by atoms with E-state index < -0.39 is 0 Å². The van der Waals surface area contributed by atoms with Gasteiger partial charge < -0.3 is 19.8 Å². The van der Waals surface area contributed by atoms with Crippen molar-refractivity contribution >= 4 is 11.6 Å². The summed E-state index contributed by atoms with van der Waals surface area (Å²) in [5, 5.41) is 9.99. The van der Waals surface area contributed by atoms with E-state index in [4.69, 9.17) is 0 Å². The fourth-order valence-corrected chi connectivity index (χ4v) is 4.19. The highest BCUT2D eigenvalue weighted by Crippen LogP contribution is 2.26. The summed E-state index contributed by atoms with van der Waals surface area (Å²) in [6.45, 7) is 8.60. The first-order valence-electron chi connectivity index (χ1n) is 9.24. The van der Waals surface area contributed by atoms with Gasteiger partial charge >= 0.3 is 0 Å². The topological polar surface area (TPSA) is 48.2 Å². The molecule has 0 aliphatic carbocycles. The van der Waals surface area contributed by atoms with Crippen LogP contribution in [0.25, 0.3) is 0 Å². The van der Waals surface area contributed by atoms with Crippen LogP contribution in [0.5, 0.6) is 5.75 Å². The number of amides is 1. The van der Waals surface area contributed by atoms with Crippen LogP contribution in [0.1, 0.15) is 33.1 Å². The number of hydrogen-bond acceptors (Lipinski definition) is 3. The summed E-state index contributed by atoms with van der Waals surface area (Å²) in [6, 6.07) is 8.25. The van der Waals surface area contributed by atoms with Gasteiger partial charge in [-0.2, -0.15) is 0 Å². The Morgan fingerprint density at radius 1 is 1.17 bits per heavy atom. The van der Waals surface area contributed by atoms with Crippen LogP contribution in [-0.4, -0.2) is 60.7 Å². The number of nitrogens with one attached hydrogen (secondary N) is 1. The van der Waals surface area contributed by atoms with Crippen LogP contribution in [0.2, 0.25) is 0 Å². The second kappa shape index (κ2) is 7.43. The van der Waals surface area contributed by atoms with Gasteiger partial charge in [-0.25, -0.2) is 0 Å². The lowest BCUT2D eigenvalue weighted by atomic mass is 9.97. The molecule has 2 aliphatic heterocycles. The molecule has 2 N–H and O–H groups in total. The summed E-state index contributed by atoms with van der Waals surface area (Å²) in [4.78, 5) is 18.4. The summed E-state index contributed by atoms with van der Waals surface area (Å²) >= 11 is 0. The molecule has 1 aromatic rings. The van der Waals surface area contributed by atoms with E-state index in [0.29, 0.717) is 30.3 Å². The SMILES string of the molecule is C[C@@H]1CCC[C@@H](C)N1C(=O)C[NH+]1CCN(c2ccccc2O)CC1. The Balaban J connectivity index is 1.54. The third-order valence-corrected chi connectivity index (χ3v) is 5.58. The molecule has 1 amide bonds. The zero-order valence-electron chi connectivity index (χ0n) is 14.9. The smallest absolute Gasteiger partial charge is 0.278 e. The van der Waals surface area contributed by atoms with Crippen molar-refractivity contribution in [3.8, 4) is 5.75 Å². The Bertz CT molecular complexity index is 559. The maximum Gasteiger partial charge on any atom is 0.278 e. The normalized spacial score (nSPS) is 25.8. The van der Waals surface area contributed by atoms with Gasteiger partial charge in [0.2, 0.25) is 0 Å². The molecular formula is C19H30N3O2+. The van der Waals surface area contributed by atoms with Crippen molar-refractivity contribution in [3.05, 3.63) is 24.3 Å². The number of rotatable bonds is 3. The number of quaternary nitrogens is 1. The fraction of sp³-hybridized carbons (Fsp3) is 0.632. The van der Waals surface area contributed by atoms with Gasteiger partial charge in [0.1, 0.15) is 5.75 Å². The number of piperidine rings is 1. The number of para-hydroxylation sites is 2. The van der Waals surface area contributed by atoms with Crippen molar-refractivity contribution in [1.82, 2.24) is 4.90 Å². The van der Waals surface area contributed by atoms with E-state index >= 15 is 0 Å². The number of phenolic OH excluding ortho intramolecular Hbond substituents is 1. The largest absolute Gasteiger partial charge is 0.506 e. The number of hydrogen-bond donors (Lipinski definition) is 2. The molecule has 0 saturated carbocycles. The van der Waals surface area contributed by atoms with Crippen LogP contribution in [0.3, 0.4) is 0 Å². The summed E-state index contributed by atoms with van der Waals surface area (Å²) < 4.78 is 0. The number of carbonyl (C=O) groups excluding carboxylic acids is 1. The molecule has 0 spiro atoms. The average Bonchev–Trinajstić information content (AvgIpc) is 2.56. The van der Waals surface area contributed by atoms with Gasteiger partial charge in [-0.05, 0) is 45.2 Å². The molecule has 1 aromatic carbocycles. The molecule has 2 heterocycles. The molecule has 132 valence electrons. The zero-order chi connectivity index (χ0) is 17.1. The Kier molecular flexibility index (Phi) is 5.29. The Labute approximate surface area is 144 Å². The highest BCUT2D eigenvalue weighted by atomic mass is 16.3. The lowest BCUT2D eigenvalue weighted by molar-refractivity contribution is -0.892. The minimum absolute atomic E-state index is 0.306. The molecule has 5 nitrogen and oxygen atoms in total. The molecule has 0 bridgehead atoms. The molecule has 5 heteroatoms. The number of likely N-dealkylation sites (tertiary alicyclic amines) is 1. The number of anilines is 1. The van der Waals surface area contributed by atoms with Crippen molar-refractivity contribution in [2.45, 2.75) is 45.2 Å². The minimum Gasteiger partial charge on any atom is -0.506 e. The van der Waals surface area contributed by atoms with E-state index in [1.54, 1.807) is 6.07 Å². The Morgan fingerprint density at radius 2 is 1.79 bits per heavy atom. The lowest BCUT2D eigenvalue weighted by Gasteiger charge is -2.40. The maximum absolute atomic E-state index is 12.7. The van der Waals surface area contributed by atoms with E-state index in [1.165, 1.54) is 11.3 Å². The molecule has 0 unspecified atom stereocenters. The van der Waals surface area contributed by atoms with Gasteiger partial charge in [-0.1, -0.05) is 12.1 Å². The molecule has 2 fully saturated rings. The van der Waals surface area contributed by atoms with Crippen LogP contribution in [-0.2, 0) is 4.79 Å². The second-order valence-electron chi connectivity index (χ2n) is 7.33. The highest BCUT2D eigenvalue weighted by Gasteiger charge is 2.32. The van der Waals surface area contributed by atoms with Crippen molar-refractivity contribution in [1.29, 1.82) is 0 Å². The van der Waals surface area contributed by atoms with Gasteiger partial charge in [0.05, 0.1) is 31.9 Å². The molecule has 0 aromatic heterocycles. The van der Waals surface area contributed by atoms with Crippen LogP contribution < -0.4 is 9.80 Å². The first kappa shape index (κ1) is 17.1. The molecule has 2 aliphatic rings. The highest BCUT2D eigenvalue weighted by molar-refractivity contribution is 5.78. The van der Waals surface area contributed by atoms with E-state index in [0.717, 1.165) is 44.7 Å². The predicted octanol–water partition coefficient (Wildman–Crippen LogP) is 0.887. The maximum atomic E-state index is 12.7. The molecule has 24 heavy (non-hydrogen) atoms. The Morgan fingerprint density at radius 3 is 2.42 bits per heavy atom. The summed E-state index contributed by atoms with van der Waals surface area (Å²) in [5.74, 6) is 0.647. The van der Waals surface area contributed by atoms with Crippen LogP contribution in [0, 0.1) is 0 Å². The second-order valence-corrected chi connectivity index (χ2v) is 7.33. The van der Waals surface area contributed by atoms with Crippen molar-refractivity contribution < 1.29 is 14.8 Å².